The molecule has 1 aliphatic carbocycles. The van der Waals surface area contributed by atoms with Gasteiger partial charge in [0.1, 0.15) is 0 Å². The zero-order chi connectivity index (χ0) is 13.5. The number of nitrogens with one attached hydrogen (secondary N) is 2. The van der Waals surface area contributed by atoms with Crippen LogP contribution in [0.2, 0.25) is 0 Å². The van der Waals surface area contributed by atoms with Crippen LogP contribution in [0.25, 0.3) is 0 Å². The Bertz CT molecular complexity index is 472. The third-order valence-electron chi connectivity index (χ3n) is 3.10. The van der Waals surface area contributed by atoms with Gasteiger partial charge in [0, 0.05) is 13.1 Å². The lowest BCUT2D eigenvalue weighted by Crippen LogP contribution is -2.38. The van der Waals surface area contributed by atoms with Gasteiger partial charge in [-0.2, -0.15) is 5.26 Å². The lowest BCUT2D eigenvalue weighted by Gasteiger charge is -2.10. The normalized spacial score (nSPS) is 14.1. The molecule has 20 heavy (non-hydrogen) atoms. The molecule has 5 heteroatoms. The average molecular weight is 384 g/mol. The maximum Gasteiger partial charge on any atom is 0.191 e. The van der Waals surface area contributed by atoms with Gasteiger partial charge in [-0.25, -0.2) is 4.99 Å². The number of guanidine groups is 1. The molecule has 0 unspecified atom stereocenters. The van der Waals surface area contributed by atoms with E-state index in [1.54, 1.807) is 0 Å². The van der Waals surface area contributed by atoms with Gasteiger partial charge >= 0.3 is 0 Å². The quantitative estimate of drug-likeness (QED) is 0.466. The summed E-state index contributed by atoms with van der Waals surface area (Å²) in [6.07, 6.45) is 2.67. The SMILES string of the molecule is CCNC(=NCc1ccc(C#N)cc1)NCC1CC1.I. The number of aliphatic imine (C=N–C) groups is 1. The van der Waals surface area contributed by atoms with Crippen LogP contribution in [0.5, 0.6) is 0 Å². The Morgan fingerprint density at radius 3 is 2.55 bits per heavy atom. The molecule has 2 rings (SSSR count). The molecule has 1 fully saturated rings. The molecule has 108 valence electrons. The minimum atomic E-state index is 0. The van der Waals surface area contributed by atoms with E-state index in [4.69, 9.17) is 5.26 Å². The van der Waals surface area contributed by atoms with Crippen molar-refractivity contribution in [3.05, 3.63) is 35.4 Å². The number of halogens is 1. The van der Waals surface area contributed by atoms with Crippen molar-refractivity contribution in [2.75, 3.05) is 13.1 Å². The fourth-order valence-electron chi connectivity index (χ4n) is 1.76. The second kappa shape index (κ2) is 8.80. The van der Waals surface area contributed by atoms with E-state index >= 15 is 0 Å². The highest BCUT2D eigenvalue weighted by Gasteiger charge is 2.20. The standard InChI is InChI=1S/C15H20N4.HI/c1-2-17-15(19-11-14-7-8-14)18-10-13-5-3-12(9-16)4-6-13;/h3-6,14H,2,7-8,10-11H2,1H3,(H2,17,18,19);1H. The first-order valence-corrected chi connectivity index (χ1v) is 6.83. The third-order valence-corrected chi connectivity index (χ3v) is 3.10. The van der Waals surface area contributed by atoms with Crippen LogP contribution < -0.4 is 10.6 Å². The monoisotopic (exact) mass is 384 g/mol. The molecule has 1 aliphatic rings. The van der Waals surface area contributed by atoms with Gasteiger partial charge < -0.3 is 10.6 Å². The highest BCUT2D eigenvalue weighted by Crippen LogP contribution is 2.27. The Labute approximate surface area is 137 Å². The molecule has 0 spiro atoms. The van der Waals surface area contributed by atoms with Gasteiger partial charge in [-0.3, -0.25) is 0 Å². The average Bonchev–Trinajstić information content (AvgIpc) is 3.26. The number of nitrogens with zero attached hydrogens (tertiary/aromatic N) is 2. The van der Waals surface area contributed by atoms with E-state index in [9.17, 15) is 0 Å². The zero-order valence-electron chi connectivity index (χ0n) is 11.7. The van der Waals surface area contributed by atoms with Gasteiger partial charge in [0.15, 0.2) is 5.96 Å². The molecule has 0 heterocycles. The van der Waals surface area contributed by atoms with E-state index < -0.39 is 0 Å². The molecule has 0 atom stereocenters. The topological polar surface area (TPSA) is 60.2 Å². The number of nitriles is 1. The molecule has 0 aromatic heterocycles. The van der Waals surface area contributed by atoms with Gasteiger partial charge in [-0.05, 0) is 43.4 Å². The number of rotatable bonds is 5. The lowest BCUT2D eigenvalue weighted by molar-refractivity contribution is 0.739. The highest BCUT2D eigenvalue weighted by atomic mass is 127. The molecule has 0 radical (unpaired) electrons. The summed E-state index contributed by atoms with van der Waals surface area (Å²) in [5, 5.41) is 15.4. The van der Waals surface area contributed by atoms with Crippen LogP contribution in [0.15, 0.2) is 29.3 Å². The van der Waals surface area contributed by atoms with Crippen molar-refractivity contribution < 1.29 is 0 Å². The summed E-state index contributed by atoms with van der Waals surface area (Å²) in [6, 6.07) is 9.68. The molecule has 0 saturated heterocycles. The van der Waals surface area contributed by atoms with Crippen LogP contribution in [0, 0.1) is 17.2 Å². The summed E-state index contributed by atoms with van der Waals surface area (Å²) in [7, 11) is 0. The maximum atomic E-state index is 8.75. The van der Waals surface area contributed by atoms with Crippen LogP contribution in [-0.2, 0) is 6.54 Å². The van der Waals surface area contributed by atoms with Crippen molar-refractivity contribution in [1.29, 1.82) is 5.26 Å². The minimum absolute atomic E-state index is 0. The number of benzene rings is 1. The molecular formula is C15H21IN4. The van der Waals surface area contributed by atoms with Gasteiger partial charge in [0.25, 0.3) is 0 Å². The predicted molar refractivity (Wildman–Crippen MR) is 92.1 cm³/mol. The second-order valence-corrected chi connectivity index (χ2v) is 4.83. The molecule has 2 N–H and O–H groups in total. The third kappa shape index (κ3) is 5.78. The first-order valence-electron chi connectivity index (χ1n) is 6.83. The Morgan fingerprint density at radius 2 is 2.00 bits per heavy atom. The van der Waals surface area contributed by atoms with Gasteiger partial charge in [-0.1, -0.05) is 12.1 Å². The van der Waals surface area contributed by atoms with Crippen molar-refractivity contribution >= 4 is 29.9 Å². The first kappa shape index (κ1) is 16.8. The molecular weight excluding hydrogens is 363 g/mol. The smallest absolute Gasteiger partial charge is 0.191 e. The van der Waals surface area contributed by atoms with Gasteiger partial charge in [-0.15, -0.1) is 24.0 Å². The van der Waals surface area contributed by atoms with Crippen molar-refractivity contribution in [2.45, 2.75) is 26.3 Å². The first-order chi connectivity index (χ1) is 9.31. The molecule has 1 aromatic rings. The van der Waals surface area contributed by atoms with E-state index in [1.165, 1.54) is 12.8 Å². The van der Waals surface area contributed by atoms with E-state index in [0.29, 0.717) is 12.1 Å². The van der Waals surface area contributed by atoms with Gasteiger partial charge in [0.2, 0.25) is 0 Å². The van der Waals surface area contributed by atoms with Crippen LogP contribution >= 0.6 is 24.0 Å². The Balaban J connectivity index is 0.00000200. The van der Waals surface area contributed by atoms with E-state index in [2.05, 4.69) is 28.6 Å². The Hall–Kier alpha value is -1.29. The van der Waals surface area contributed by atoms with Crippen LogP contribution in [-0.4, -0.2) is 19.0 Å². The fraction of sp³-hybridized carbons (Fsp3) is 0.467. The molecule has 0 aliphatic heterocycles. The van der Waals surface area contributed by atoms with Crippen molar-refractivity contribution in [2.24, 2.45) is 10.9 Å². The molecule has 1 saturated carbocycles. The summed E-state index contributed by atoms with van der Waals surface area (Å²) < 4.78 is 0. The summed E-state index contributed by atoms with van der Waals surface area (Å²) in [5.74, 6) is 1.71. The largest absolute Gasteiger partial charge is 0.357 e. The van der Waals surface area contributed by atoms with E-state index in [0.717, 1.165) is 30.5 Å². The molecule has 0 amide bonds. The van der Waals surface area contributed by atoms with Crippen molar-refractivity contribution in [3.8, 4) is 6.07 Å². The number of hydrogen-bond acceptors (Lipinski definition) is 2. The van der Waals surface area contributed by atoms with Crippen LogP contribution in [0.3, 0.4) is 0 Å². The highest BCUT2D eigenvalue weighted by molar-refractivity contribution is 14.0. The summed E-state index contributed by atoms with van der Waals surface area (Å²) >= 11 is 0. The summed E-state index contributed by atoms with van der Waals surface area (Å²) in [5.41, 5.74) is 1.80. The van der Waals surface area contributed by atoms with E-state index in [-0.39, 0.29) is 24.0 Å². The number of hydrogen-bond donors (Lipinski definition) is 2. The summed E-state index contributed by atoms with van der Waals surface area (Å²) in [4.78, 5) is 4.55. The van der Waals surface area contributed by atoms with Crippen molar-refractivity contribution in [1.82, 2.24) is 10.6 Å². The van der Waals surface area contributed by atoms with Gasteiger partial charge in [0.05, 0.1) is 18.2 Å². The predicted octanol–water partition coefficient (Wildman–Crippen LogP) is 2.64. The zero-order valence-corrected chi connectivity index (χ0v) is 14.1. The van der Waals surface area contributed by atoms with Crippen LogP contribution in [0.4, 0.5) is 0 Å². The van der Waals surface area contributed by atoms with Crippen LogP contribution in [0.1, 0.15) is 30.9 Å². The van der Waals surface area contributed by atoms with E-state index in [1.807, 2.05) is 24.3 Å². The second-order valence-electron chi connectivity index (χ2n) is 4.83. The Morgan fingerprint density at radius 1 is 1.30 bits per heavy atom. The summed E-state index contributed by atoms with van der Waals surface area (Å²) in [6.45, 7) is 4.57. The molecule has 1 aromatic carbocycles. The molecule has 0 bridgehead atoms. The molecule has 4 nitrogen and oxygen atoms in total. The lowest BCUT2D eigenvalue weighted by atomic mass is 10.1. The minimum Gasteiger partial charge on any atom is -0.357 e. The van der Waals surface area contributed by atoms with Crippen molar-refractivity contribution in [3.63, 3.8) is 0 Å². The fourth-order valence-corrected chi connectivity index (χ4v) is 1.76. The Kier molecular flexibility index (Phi) is 7.37. The maximum absolute atomic E-state index is 8.75.